The molecule has 0 amide bonds. The van der Waals surface area contributed by atoms with E-state index in [-0.39, 0.29) is 5.56 Å². The van der Waals surface area contributed by atoms with Gasteiger partial charge in [0.15, 0.2) is 0 Å². The van der Waals surface area contributed by atoms with Crippen LogP contribution in [0, 0.1) is 0 Å². The number of benzene rings is 2. The van der Waals surface area contributed by atoms with Crippen LogP contribution in [0.1, 0.15) is 29.2 Å². The minimum atomic E-state index is -2.53. The Hall–Kier alpha value is -1.94. The van der Waals surface area contributed by atoms with Crippen molar-refractivity contribution in [2.75, 3.05) is 7.11 Å². The first-order valence-corrected chi connectivity index (χ1v) is 6.29. The van der Waals surface area contributed by atoms with Crippen molar-refractivity contribution in [2.24, 2.45) is 0 Å². The Morgan fingerprint density at radius 1 is 1.05 bits per heavy atom. The Bertz CT molecular complexity index is 570. The van der Waals surface area contributed by atoms with E-state index in [4.69, 9.17) is 4.74 Å². The van der Waals surface area contributed by atoms with Gasteiger partial charge >= 0.3 is 0 Å². The molecule has 4 heteroatoms. The summed E-state index contributed by atoms with van der Waals surface area (Å²) < 4.78 is 30.5. The predicted molar refractivity (Wildman–Crippen MR) is 73.1 cm³/mol. The minimum absolute atomic E-state index is 0.0819. The van der Waals surface area contributed by atoms with Crippen LogP contribution in [-0.4, -0.2) is 12.2 Å². The van der Waals surface area contributed by atoms with Crippen molar-refractivity contribution >= 4 is 0 Å². The summed E-state index contributed by atoms with van der Waals surface area (Å²) in [6.07, 6.45) is -3.06. The molecule has 0 fully saturated rings. The second-order valence-electron chi connectivity index (χ2n) is 4.50. The molecule has 20 heavy (non-hydrogen) atoms. The topological polar surface area (TPSA) is 29.5 Å². The highest BCUT2D eigenvalue weighted by molar-refractivity contribution is 5.35. The highest BCUT2D eigenvalue weighted by Gasteiger charge is 2.14. The molecule has 0 aliphatic heterocycles. The van der Waals surface area contributed by atoms with Gasteiger partial charge in [-0.2, -0.15) is 0 Å². The van der Waals surface area contributed by atoms with Gasteiger partial charge in [0.05, 0.1) is 13.2 Å². The van der Waals surface area contributed by atoms with Crippen LogP contribution in [0.2, 0.25) is 0 Å². The van der Waals surface area contributed by atoms with Crippen LogP contribution >= 0.6 is 0 Å². The summed E-state index contributed by atoms with van der Waals surface area (Å²) in [6.45, 7) is 0. The molecule has 2 aromatic carbocycles. The van der Waals surface area contributed by atoms with Crippen LogP contribution in [0.4, 0.5) is 8.78 Å². The smallest absolute Gasteiger partial charge is 0.263 e. The van der Waals surface area contributed by atoms with Crippen molar-refractivity contribution in [1.82, 2.24) is 0 Å². The summed E-state index contributed by atoms with van der Waals surface area (Å²) in [7, 11) is 1.56. The number of ether oxygens (including phenoxy) is 1. The normalized spacial score (nSPS) is 12.4. The van der Waals surface area contributed by atoms with Gasteiger partial charge in [-0.05, 0) is 23.3 Å². The van der Waals surface area contributed by atoms with Crippen molar-refractivity contribution in [3.63, 3.8) is 0 Å². The highest BCUT2D eigenvalue weighted by atomic mass is 19.3. The number of alkyl halides is 2. The lowest BCUT2D eigenvalue weighted by molar-refractivity contribution is 0.149. The number of aliphatic hydroxyl groups is 1. The monoisotopic (exact) mass is 278 g/mol. The van der Waals surface area contributed by atoms with E-state index in [1.807, 2.05) is 18.2 Å². The van der Waals surface area contributed by atoms with E-state index in [1.54, 1.807) is 19.2 Å². The summed E-state index contributed by atoms with van der Waals surface area (Å²) in [5.41, 5.74) is 1.24. The zero-order valence-electron chi connectivity index (χ0n) is 11.1. The van der Waals surface area contributed by atoms with Gasteiger partial charge in [-0.25, -0.2) is 8.78 Å². The third kappa shape index (κ3) is 3.33. The first-order chi connectivity index (χ1) is 9.61. The summed E-state index contributed by atoms with van der Waals surface area (Å²) in [6, 6.07) is 13.2. The lowest BCUT2D eigenvalue weighted by atomic mass is 9.99. The molecular formula is C16H16F2O2. The second-order valence-corrected chi connectivity index (χ2v) is 4.50. The van der Waals surface area contributed by atoms with Crippen LogP contribution in [0.15, 0.2) is 48.5 Å². The lowest BCUT2D eigenvalue weighted by Crippen LogP contribution is -2.04. The predicted octanol–water partition coefficient (Wildman–Crippen LogP) is 3.91. The van der Waals surface area contributed by atoms with Crippen LogP contribution in [0.3, 0.4) is 0 Å². The number of hydrogen-bond acceptors (Lipinski definition) is 2. The van der Waals surface area contributed by atoms with E-state index in [0.29, 0.717) is 17.7 Å². The number of hydrogen-bond donors (Lipinski definition) is 1. The molecular weight excluding hydrogens is 262 g/mol. The number of aliphatic hydroxyl groups excluding tert-OH is 1. The third-order valence-electron chi connectivity index (χ3n) is 3.15. The molecule has 0 heterocycles. The zero-order chi connectivity index (χ0) is 14.5. The van der Waals surface area contributed by atoms with Crippen LogP contribution in [-0.2, 0) is 6.42 Å². The van der Waals surface area contributed by atoms with Crippen molar-refractivity contribution in [1.29, 1.82) is 0 Å². The Balaban J connectivity index is 2.19. The minimum Gasteiger partial charge on any atom is -0.496 e. The van der Waals surface area contributed by atoms with Crippen LogP contribution < -0.4 is 4.74 Å². The first-order valence-electron chi connectivity index (χ1n) is 6.29. The summed E-state index contributed by atoms with van der Waals surface area (Å²) >= 11 is 0. The molecule has 0 aromatic heterocycles. The average Bonchev–Trinajstić information content (AvgIpc) is 2.48. The van der Waals surface area contributed by atoms with E-state index in [1.165, 1.54) is 18.2 Å². The summed E-state index contributed by atoms with van der Waals surface area (Å²) in [5.74, 6) is 0.677. The molecule has 0 saturated heterocycles. The van der Waals surface area contributed by atoms with Gasteiger partial charge in [0.25, 0.3) is 6.43 Å². The molecule has 0 spiro atoms. The Morgan fingerprint density at radius 3 is 2.45 bits per heavy atom. The molecule has 106 valence electrons. The number of para-hydroxylation sites is 1. The summed E-state index contributed by atoms with van der Waals surface area (Å²) in [5, 5.41) is 10.2. The fourth-order valence-corrected chi connectivity index (χ4v) is 2.10. The van der Waals surface area contributed by atoms with E-state index < -0.39 is 12.5 Å². The molecule has 0 bridgehead atoms. The Labute approximate surface area is 116 Å². The fraction of sp³-hybridized carbons (Fsp3) is 0.250. The standard InChI is InChI=1S/C16H16F2O2/c1-20-15-8-3-2-5-12(15)10-14(19)11-6-4-7-13(9-11)16(17)18/h2-9,14,16,19H,10H2,1H3. The number of rotatable bonds is 5. The molecule has 1 N–H and O–H groups in total. The molecule has 2 aromatic rings. The quantitative estimate of drug-likeness (QED) is 0.898. The van der Waals surface area contributed by atoms with Crippen LogP contribution in [0.25, 0.3) is 0 Å². The largest absolute Gasteiger partial charge is 0.496 e. The van der Waals surface area contributed by atoms with E-state index in [2.05, 4.69) is 0 Å². The number of halogens is 2. The Morgan fingerprint density at radius 2 is 1.75 bits per heavy atom. The molecule has 1 unspecified atom stereocenters. The second kappa shape index (κ2) is 6.48. The molecule has 0 saturated carbocycles. The SMILES string of the molecule is COc1ccccc1CC(O)c1cccc(C(F)F)c1. The highest BCUT2D eigenvalue weighted by Crippen LogP contribution is 2.27. The number of methoxy groups -OCH3 is 1. The summed E-state index contributed by atoms with van der Waals surface area (Å²) in [4.78, 5) is 0. The van der Waals surface area contributed by atoms with Crippen molar-refractivity contribution in [3.8, 4) is 5.75 Å². The van der Waals surface area contributed by atoms with E-state index >= 15 is 0 Å². The van der Waals surface area contributed by atoms with E-state index in [0.717, 1.165) is 5.56 Å². The van der Waals surface area contributed by atoms with Gasteiger partial charge in [0.1, 0.15) is 5.75 Å². The van der Waals surface area contributed by atoms with Crippen molar-refractivity contribution < 1.29 is 18.6 Å². The van der Waals surface area contributed by atoms with Gasteiger partial charge < -0.3 is 9.84 Å². The fourth-order valence-electron chi connectivity index (χ4n) is 2.10. The third-order valence-corrected chi connectivity index (χ3v) is 3.15. The molecule has 0 aliphatic rings. The maximum atomic E-state index is 12.7. The molecule has 2 rings (SSSR count). The maximum Gasteiger partial charge on any atom is 0.263 e. The van der Waals surface area contributed by atoms with Crippen LogP contribution in [0.5, 0.6) is 5.75 Å². The van der Waals surface area contributed by atoms with Gasteiger partial charge in [0, 0.05) is 12.0 Å². The molecule has 0 aliphatic carbocycles. The van der Waals surface area contributed by atoms with Crippen molar-refractivity contribution in [3.05, 3.63) is 65.2 Å². The average molecular weight is 278 g/mol. The zero-order valence-corrected chi connectivity index (χ0v) is 11.1. The Kier molecular flexibility index (Phi) is 4.69. The maximum absolute atomic E-state index is 12.7. The van der Waals surface area contributed by atoms with Gasteiger partial charge in [-0.1, -0.05) is 36.4 Å². The molecule has 2 nitrogen and oxygen atoms in total. The molecule has 1 atom stereocenters. The van der Waals surface area contributed by atoms with E-state index in [9.17, 15) is 13.9 Å². The van der Waals surface area contributed by atoms with Gasteiger partial charge in [-0.3, -0.25) is 0 Å². The molecule has 0 radical (unpaired) electrons. The van der Waals surface area contributed by atoms with Gasteiger partial charge in [0.2, 0.25) is 0 Å². The van der Waals surface area contributed by atoms with Gasteiger partial charge in [-0.15, -0.1) is 0 Å². The lowest BCUT2D eigenvalue weighted by Gasteiger charge is -2.14. The van der Waals surface area contributed by atoms with Crippen molar-refractivity contribution in [2.45, 2.75) is 19.0 Å². The first kappa shape index (κ1) is 14.5.